The molecule has 0 aromatic heterocycles. The minimum Gasteiger partial charge on any atom is -0.388 e. The molecule has 0 aliphatic heterocycles. The van der Waals surface area contributed by atoms with E-state index in [1.165, 1.54) is 18.2 Å². The van der Waals surface area contributed by atoms with Crippen molar-refractivity contribution in [3.8, 4) is 0 Å². The quantitative estimate of drug-likeness (QED) is 0.801. The molecule has 0 saturated heterocycles. The molecule has 2 rings (SSSR count). The van der Waals surface area contributed by atoms with Crippen molar-refractivity contribution >= 4 is 0 Å². The molecule has 1 aliphatic carbocycles. The lowest BCUT2D eigenvalue weighted by molar-refractivity contribution is -0.185. The maximum atomic E-state index is 13.5. The predicted octanol–water partition coefficient (Wildman–Crippen LogP) is 4.23. The Morgan fingerprint density at radius 1 is 1.05 bits per heavy atom. The first-order valence-electron chi connectivity index (χ1n) is 6.39. The Kier molecular flexibility index (Phi) is 4.13. The molecule has 0 bridgehead atoms. The van der Waals surface area contributed by atoms with E-state index in [4.69, 9.17) is 0 Å². The van der Waals surface area contributed by atoms with Crippen LogP contribution in [0.2, 0.25) is 0 Å². The predicted molar refractivity (Wildman–Crippen MR) is 62.9 cm³/mol. The van der Waals surface area contributed by atoms with Crippen molar-refractivity contribution in [2.45, 2.75) is 38.0 Å². The Morgan fingerprint density at radius 2 is 1.63 bits per heavy atom. The van der Waals surface area contributed by atoms with Gasteiger partial charge in [-0.2, -0.15) is 13.2 Å². The lowest BCUT2D eigenvalue weighted by atomic mass is 9.77. The topological polar surface area (TPSA) is 20.2 Å². The van der Waals surface area contributed by atoms with Crippen molar-refractivity contribution in [2.24, 2.45) is 11.8 Å². The second-order valence-electron chi connectivity index (χ2n) is 5.12. The molecule has 1 atom stereocenters. The van der Waals surface area contributed by atoms with E-state index in [0.717, 1.165) is 0 Å². The number of rotatable bonds is 2. The van der Waals surface area contributed by atoms with Crippen LogP contribution in [-0.4, -0.2) is 11.3 Å². The Balaban J connectivity index is 2.00. The van der Waals surface area contributed by atoms with Gasteiger partial charge in [-0.15, -0.1) is 0 Å². The zero-order valence-electron chi connectivity index (χ0n) is 10.3. The largest absolute Gasteiger partial charge is 0.391 e. The van der Waals surface area contributed by atoms with Gasteiger partial charge in [-0.1, -0.05) is 18.2 Å². The van der Waals surface area contributed by atoms with Gasteiger partial charge in [-0.25, -0.2) is 4.39 Å². The Labute approximate surface area is 109 Å². The third kappa shape index (κ3) is 3.26. The van der Waals surface area contributed by atoms with Crippen LogP contribution in [0.3, 0.4) is 0 Å². The Bertz CT molecular complexity index is 422. The first-order chi connectivity index (χ1) is 8.89. The van der Waals surface area contributed by atoms with Crippen molar-refractivity contribution in [3.63, 3.8) is 0 Å². The third-order valence-corrected chi connectivity index (χ3v) is 3.91. The van der Waals surface area contributed by atoms with Crippen molar-refractivity contribution in [3.05, 3.63) is 35.6 Å². The summed E-state index contributed by atoms with van der Waals surface area (Å²) >= 11 is 0. The summed E-state index contributed by atoms with van der Waals surface area (Å²) in [6.45, 7) is 0. The molecule has 1 fully saturated rings. The summed E-state index contributed by atoms with van der Waals surface area (Å²) in [5.74, 6) is -2.08. The highest BCUT2D eigenvalue weighted by molar-refractivity contribution is 5.20. The fraction of sp³-hybridized carbons (Fsp3) is 0.571. The molecule has 1 unspecified atom stereocenters. The van der Waals surface area contributed by atoms with E-state index < -0.39 is 24.0 Å². The molecule has 0 amide bonds. The first kappa shape index (κ1) is 14.3. The van der Waals surface area contributed by atoms with E-state index in [9.17, 15) is 22.7 Å². The monoisotopic (exact) mass is 276 g/mol. The van der Waals surface area contributed by atoms with Crippen LogP contribution in [0.25, 0.3) is 0 Å². The summed E-state index contributed by atoms with van der Waals surface area (Å²) in [6, 6.07) is 5.87. The van der Waals surface area contributed by atoms with Crippen molar-refractivity contribution in [2.75, 3.05) is 0 Å². The highest BCUT2D eigenvalue weighted by Gasteiger charge is 2.42. The number of benzene rings is 1. The van der Waals surface area contributed by atoms with Crippen molar-refractivity contribution in [1.29, 1.82) is 0 Å². The van der Waals surface area contributed by atoms with Gasteiger partial charge in [0.25, 0.3) is 0 Å². The maximum absolute atomic E-state index is 13.5. The number of aliphatic hydroxyl groups is 1. The van der Waals surface area contributed by atoms with Gasteiger partial charge < -0.3 is 5.11 Å². The van der Waals surface area contributed by atoms with Crippen LogP contribution in [0.15, 0.2) is 24.3 Å². The Hall–Kier alpha value is -1.10. The van der Waals surface area contributed by atoms with Gasteiger partial charge in [-0.3, -0.25) is 0 Å². The molecule has 1 saturated carbocycles. The number of hydrogen-bond donors (Lipinski definition) is 1. The van der Waals surface area contributed by atoms with E-state index in [2.05, 4.69) is 0 Å². The molecule has 106 valence electrons. The standard InChI is InChI=1S/C14H16F4O/c15-12-4-2-1-3-11(12)13(19)9-5-7-10(8-6-9)14(16,17)18/h1-4,9-10,13,19H,5-8H2. The third-order valence-electron chi connectivity index (χ3n) is 3.91. The number of hydrogen-bond acceptors (Lipinski definition) is 1. The summed E-state index contributed by atoms with van der Waals surface area (Å²) in [7, 11) is 0. The minimum atomic E-state index is -4.16. The molecule has 0 heterocycles. The molecule has 19 heavy (non-hydrogen) atoms. The van der Waals surface area contributed by atoms with Gasteiger partial charge in [0.15, 0.2) is 0 Å². The van der Waals surface area contributed by atoms with Crippen LogP contribution in [-0.2, 0) is 0 Å². The average molecular weight is 276 g/mol. The summed E-state index contributed by atoms with van der Waals surface area (Å²) < 4.78 is 51.1. The van der Waals surface area contributed by atoms with Crippen LogP contribution in [0, 0.1) is 17.7 Å². The molecule has 1 aliphatic rings. The van der Waals surface area contributed by atoms with Crippen LogP contribution in [0.5, 0.6) is 0 Å². The summed E-state index contributed by atoms with van der Waals surface area (Å²) in [4.78, 5) is 0. The van der Waals surface area contributed by atoms with E-state index in [1.54, 1.807) is 6.07 Å². The smallest absolute Gasteiger partial charge is 0.388 e. The van der Waals surface area contributed by atoms with Gasteiger partial charge in [0.1, 0.15) is 5.82 Å². The van der Waals surface area contributed by atoms with Gasteiger partial charge in [0.2, 0.25) is 0 Å². The van der Waals surface area contributed by atoms with Gasteiger partial charge in [0, 0.05) is 5.56 Å². The molecular weight excluding hydrogens is 260 g/mol. The zero-order chi connectivity index (χ0) is 14.0. The van der Waals surface area contributed by atoms with Crippen molar-refractivity contribution in [1.82, 2.24) is 0 Å². The normalized spacial score (nSPS) is 26.2. The van der Waals surface area contributed by atoms with Crippen molar-refractivity contribution < 1.29 is 22.7 Å². The fourth-order valence-corrected chi connectivity index (χ4v) is 2.73. The molecule has 1 nitrogen and oxygen atoms in total. The summed E-state index contributed by atoms with van der Waals surface area (Å²) in [5, 5.41) is 10.1. The molecular formula is C14H16F4O. The summed E-state index contributed by atoms with van der Waals surface area (Å²) in [5.41, 5.74) is 0.179. The summed E-state index contributed by atoms with van der Waals surface area (Å²) in [6.07, 6.45) is -4.59. The van der Waals surface area contributed by atoms with Crippen LogP contribution in [0.4, 0.5) is 17.6 Å². The van der Waals surface area contributed by atoms with E-state index in [0.29, 0.717) is 0 Å². The lowest BCUT2D eigenvalue weighted by Gasteiger charge is -2.32. The van der Waals surface area contributed by atoms with Gasteiger partial charge in [0.05, 0.1) is 12.0 Å². The number of alkyl halides is 3. The molecule has 0 spiro atoms. The van der Waals surface area contributed by atoms with Crippen LogP contribution >= 0.6 is 0 Å². The molecule has 0 radical (unpaired) electrons. The maximum Gasteiger partial charge on any atom is 0.391 e. The van der Waals surface area contributed by atoms with E-state index >= 15 is 0 Å². The highest BCUT2D eigenvalue weighted by Crippen LogP contribution is 2.43. The molecule has 1 N–H and O–H groups in total. The van der Waals surface area contributed by atoms with Crippen LogP contribution in [0.1, 0.15) is 37.4 Å². The molecule has 5 heteroatoms. The van der Waals surface area contributed by atoms with Crippen LogP contribution < -0.4 is 0 Å². The van der Waals surface area contributed by atoms with E-state index in [1.807, 2.05) is 0 Å². The van der Waals surface area contributed by atoms with Gasteiger partial charge in [-0.05, 0) is 37.7 Å². The molecule has 1 aromatic rings. The first-order valence-corrected chi connectivity index (χ1v) is 6.39. The molecule has 1 aromatic carbocycles. The minimum absolute atomic E-state index is 0.0136. The lowest BCUT2D eigenvalue weighted by Crippen LogP contribution is -2.29. The highest BCUT2D eigenvalue weighted by atomic mass is 19.4. The number of halogens is 4. The second kappa shape index (κ2) is 5.49. The SMILES string of the molecule is OC(c1ccccc1F)C1CCC(C(F)(F)F)CC1. The van der Waals surface area contributed by atoms with Gasteiger partial charge >= 0.3 is 6.18 Å². The second-order valence-corrected chi connectivity index (χ2v) is 5.12. The van der Waals surface area contributed by atoms with E-state index in [-0.39, 0.29) is 37.2 Å². The number of aliphatic hydroxyl groups excluding tert-OH is 1. The zero-order valence-corrected chi connectivity index (χ0v) is 10.3. The average Bonchev–Trinajstić information content (AvgIpc) is 2.38. The fourth-order valence-electron chi connectivity index (χ4n) is 2.73. The Morgan fingerprint density at radius 3 is 2.16 bits per heavy atom.